The summed E-state index contributed by atoms with van der Waals surface area (Å²) < 4.78 is 14.2. The molecule has 2 N–H and O–H groups in total. The first-order valence-electron chi connectivity index (χ1n) is 6.06. The van der Waals surface area contributed by atoms with Gasteiger partial charge in [0.25, 0.3) is 5.91 Å². The second kappa shape index (κ2) is 6.05. The van der Waals surface area contributed by atoms with Gasteiger partial charge in [-0.1, -0.05) is 6.07 Å². The van der Waals surface area contributed by atoms with Crippen molar-refractivity contribution < 1.29 is 9.18 Å². The molecule has 0 fully saturated rings. The molecule has 0 aliphatic heterocycles. The standard InChI is InChI=1S/C15H14BrFN2O/c1-9-8-10(6-7-13(9)18-2)15(20)19-14-11(16)4-3-5-12(14)17/h3-8,18H,1-2H3,(H,19,20). The normalized spacial score (nSPS) is 10.2. The molecule has 0 atom stereocenters. The smallest absolute Gasteiger partial charge is 0.255 e. The lowest BCUT2D eigenvalue weighted by Gasteiger charge is -2.10. The number of para-hydroxylation sites is 1. The maximum absolute atomic E-state index is 13.7. The summed E-state index contributed by atoms with van der Waals surface area (Å²) in [5, 5.41) is 5.61. The Morgan fingerprint density at radius 2 is 2.00 bits per heavy atom. The molecule has 0 unspecified atom stereocenters. The number of rotatable bonds is 3. The van der Waals surface area contributed by atoms with E-state index in [1.807, 2.05) is 20.0 Å². The zero-order valence-corrected chi connectivity index (χ0v) is 12.7. The SMILES string of the molecule is CNc1ccc(C(=O)Nc2c(F)cccc2Br)cc1C. The Hall–Kier alpha value is -1.88. The summed E-state index contributed by atoms with van der Waals surface area (Å²) in [5.41, 5.74) is 2.53. The van der Waals surface area contributed by atoms with Crippen molar-refractivity contribution in [2.75, 3.05) is 17.7 Å². The second-order valence-corrected chi connectivity index (χ2v) is 5.18. The van der Waals surface area contributed by atoms with Gasteiger partial charge in [-0.25, -0.2) is 4.39 Å². The minimum absolute atomic E-state index is 0.146. The molecule has 2 rings (SSSR count). The highest BCUT2D eigenvalue weighted by Gasteiger charge is 2.12. The van der Waals surface area contributed by atoms with Crippen LogP contribution in [0, 0.1) is 12.7 Å². The summed E-state index contributed by atoms with van der Waals surface area (Å²) in [6.45, 7) is 1.90. The number of carbonyl (C=O) groups excluding carboxylic acids is 1. The quantitative estimate of drug-likeness (QED) is 0.882. The second-order valence-electron chi connectivity index (χ2n) is 4.33. The van der Waals surface area contributed by atoms with E-state index in [-0.39, 0.29) is 11.6 Å². The number of nitrogens with one attached hydrogen (secondary N) is 2. The van der Waals surface area contributed by atoms with Gasteiger partial charge in [-0.15, -0.1) is 0 Å². The first kappa shape index (κ1) is 14.5. The van der Waals surface area contributed by atoms with Crippen molar-refractivity contribution in [3.05, 3.63) is 57.8 Å². The van der Waals surface area contributed by atoms with Crippen LogP contribution in [0.3, 0.4) is 0 Å². The van der Waals surface area contributed by atoms with E-state index >= 15 is 0 Å². The summed E-state index contributed by atoms with van der Waals surface area (Å²) in [6, 6.07) is 9.82. The van der Waals surface area contributed by atoms with Gasteiger partial charge in [0, 0.05) is 22.8 Å². The number of anilines is 2. The van der Waals surface area contributed by atoms with Crippen molar-refractivity contribution in [2.24, 2.45) is 0 Å². The van der Waals surface area contributed by atoms with Crippen LogP contribution in [0.15, 0.2) is 40.9 Å². The fourth-order valence-corrected chi connectivity index (χ4v) is 2.33. The Bertz CT molecular complexity index is 638. The summed E-state index contributed by atoms with van der Waals surface area (Å²) in [6.07, 6.45) is 0. The van der Waals surface area contributed by atoms with E-state index in [1.165, 1.54) is 6.07 Å². The molecular weight excluding hydrogens is 323 g/mol. The largest absolute Gasteiger partial charge is 0.388 e. The molecule has 0 aromatic heterocycles. The molecule has 20 heavy (non-hydrogen) atoms. The van der Waals surface area contributed by atoms with Crippen LogP contribution in [-0.4, -0.2) is 13.0 Å². The van der Waals surface area contributed by atoms with Gasteiger partial charge in [-0.05, 0) is 58.7 Å². The molecule has 1 amide bonds. The molecular formula is C15H14BrFN2O. The van der Waals surface area contributed by atoms with E-state index in [2.05, 4.69) is 26.6 Å². The van der Waals surface area contributed by atoms with Crippen LogP contribution in [0.5, 0.6) is 0 Å². The van der Waals surface area contributed by atoms with Gasteiger partial charge in [-0.2, -0.15) is 0 Å². The topological polar surface area (TPSA) is 41.1 Å². The predicted molar refractivity (Wildman–Crippen MR) is 82.8 cm³/mol. The Balaban J connectivity index is 2.26. The molecule has 0 bridgehead atoms. The molecule has 5 heteroatoms. The molecule has 0 aliphatic rings. The molecule has 2 aromatic carbocycles. The van der Waals surface area contributed by atoms with E-state index in [9.17, 15) is 9.18 Å². The third kappa shape index (κ3) is 2.99. The van der Waals surface area contributed by atoms with Gasteiger partial charge in [0.1, 0.15) is 5.82 Å². The monoisotopic (exact) mass is 336 g/mol. The first-order valence-corrected chi connectivity index (χ1v) is 6.86. The maximum Gasteiger partial charge on any atom is 0.255 e. The Kier molecular flexibility index (Phi) is 4.39. The lowest BCUT2D eigenvalue weighted by Crippen LogP contribution is -2.13. The summed E-state index contributed by atoms with van der Waals surface area (Å²) in [4.78, 5) is 12.2. The van der Waals surface area contributed by atoms with Crippen LogP contribution in [0.2, 0.25) is 0 Å². The van der Waals surface area contributed by atoms with Crippen molar-refractivity contribution >= 4 is 33.2 Å². The van der Waals surface area contributed by atoms with Crippen LogP contribution < -0.4 is 10.6 Å². The molecule has 104 valence electrons. The first-order chi connectivity index (χ1) is 9.52. The van der Waals surface area contributed by atoms with Crippen LogP contribution in [0.1, 0.15) is 15.9 Å². The lowest BCUT2D eigenvalue weighted by atomic mass is 10.1. The zero-order valence-electron chi connectivity index (χ0n) is 11.1. The highest BCUT2D eigenvalue weighted by Crippen LogP contribution is 2.26. The molecule has 0 heterocycles. The number of halogens is 2. The molecule has 0 saturated heterocycles. The van der Waals surface area contributed by atoms with Crippen LogP contribution >= 0.6 is 15.9 Å². The lowest BCUT2D eigenvalue weighted by molar-refractivity contribution is 0.102. The van der Waals surface area contributed by atoms with Gasteiger partial charge >= 0.3 is 0 Å². The van der Waals surface area contributed by atoms with Gasteiger partial charge in [0.05, 0.1) is 5.69 Å². The van der Waals surface area contributed by atoms with Crippen LogP contribution in [0.25, 0.3) is 0 Å². The van der Waals surface area contributed by atoms with Crippen molar-refractivity contribution in [3.8, 4) is 0 Å². The summed E-state index contributed by atoms with van der Waals surface area (Å²) in [7, 11) is 1.82. The van der Waals surface area contributed by atoms with Crippen LogP contribution in [0.4, 0.5) is 15.8 Å². The van der Waals surface area contributed by atoms with Crippen molar-refractivity contribution in [3.63, 3.8) is 0 Å². The number of carbonyl (C=O) groups is 1. The van der Waals surface area contributed by atoms with E-state index in [0.29, 0.717) is 10.0 Å². The Morgan fingerprint density at radius 3 is 2.60 bits per heavy atom. The number of amides is 1. The maximum atomic E-state index is 13.7. The van der Waals surface area contributed by atoms with Crippen molar-refractivity contribution in [2.45, 2.75) is 6.92 Å². The number of hydrogen-bond donors (Lipinski definition) is 2. The average molecular weight is 337 g/mol. The minimum atomic E-state index is -0.476. The van der Waals surface area contributed by atoms with Crippen molar-refractivity contribution in [1.29, 1.82) is 0 Å². The summed E-state index contributed by atoms with van der Waals surface area (Å²) in [5.74, 6) is -0.821. The fraction of sp³-hybridized carbons (Fsp3) is 0.133. The Labute approximate surface area is 125 Å². The molecule has 2 aromatic rings. The molecule has 0 spiro atoms. The number of benzene rings is 2. The van der Waals surface area contributed by atoms with E-state index in [1.54, 1.807) is 24.3 Å². The highest BCUT2D eigenvalue weighted by atomic mass is 79.9. The van der Waals surface area contributed by atoms with Crippen molar-refractivity contribution in [1.82, 2.24) is 0 Å². The van der Waals surface area contributed by atoms with E-state index in [0.717, 1.165) is 11.3 Å². The number of aryl methyl sites for hydroxylation is 1. The van der Waals surface area contributed by atoms with Crippen LogP contribution in [-0.2, 0) is 0 Å². The highest BCUT2D eigenvalue weighted by molar-refractivity contribution is 9.10. The molecule has 0 saturated carbocycles. The van der Waals surface area contributed by atoms with E-state index in [4.69, 9.17) is 0 Å². The molecule has 0 radical (unpaired) electrons. The average Bonchev–Trinajstić information content (AvgIpc) is 2.42. The number of hydrogen-bond acceptors (Lipinski definition) is 2. The fourth-order valence-electron chi connectivity index (χ4n) is 1.89. The minimum Gasteiger partial charge on any atom is -0.388 e. The molecule has 0 aliphatic carbocycles. The third-order valence-corrected chi connectivity index (χ3v) is 3.62. The summed E-state index contributed by atoms with van der Waals surface area (Å²) >= 11 is 3.22. The predicted octanol–water partition coefficient (Wildman–Crippen LogP) is 4.19. The van der Waals surface area contributed by atoms with Gasteiger partial charge in [0.2, 0.25) is 0 Å². The van der Waals surface area contributed by atoms with Gasteiger partial charge in [-0.3, -0.25) is 4.79 Å². The third-order valence-electron chi connectivity index (χ3n) is 2.96. The van der Waals surface area contributed by atoms with Gasteiger partial charge in [0.15, 0.2) is 0 Å². The van der Waals surface area contributed by atoms with Gasteiger partial charge < -0.3 is 10.6 Å². The Morgan fingerprint density at radius 1 is 1.25 bits per heavy atom. The zero-order chi connectivity index (χ0) is 14.7. The molecule has 3 nitrogen and oxygen atoms in total. The van der Waals surface area contributed by atoms with E-state index < -0.39 is 5.82 Å².